The number of nitrogens with one attached hydrogen (secondary N) is 2. The number of rotatable bonds is 11. The van der Waals surface area contributed by atoms with Crippen molar-refractivity contribution in [2.75, 3.05) is 32.8 Å². The maximum atomic E-state index is 12.9. The molecule has 3 N–H and O–H groups in total. The monoisotopic (exact) mass is 387 g/mol. The molecule has 5 nitrogen and oxygen atoms in total. The molecule has 0 spiro atoms. The van der Waals surface area contributed by atoms with Crippen LogP contribution in [0, 0.1) is 5.82 Å². The Balaban J connectivity index is 1.71. The minimum atomic E-state index is -0.262. The number of ether oxygens (including phenoxy) is 1. The number of aliphatic hydroxyl groups excluding tert-OH is 1. The first-order chi connectivity index (χ1) is 13.7. The van der Waals surface area contributed by atoms with E-state index < -0.39 is 0 Å². The molecule has 0 bridgehead atoms. The fourth-order valence-corrected chi connectivity index (χ4v) is 2.69. The number of hydrogen-bond donors (Lipinski definition) is 3. The van der Waals surface area contributed by atoms with Crippen molar-refractivity contribution in [3.8, 4) is 5.75 Å². The molecule has 1 unspecified atom stereocenters. The molecule has 2 aromatic rings. The first kappa shape index (κ1) is 21.7. The van der Waals surface area contributed by atoms with Crippen molar-refractivity contribution in [3.05, 3.63) is 66.0 Å². The standard InChI is InChI=1S/C22H30FN3O2/c1-2-24-22(26-16-19(17-27)18-8-4-3-5-9-18)25-14-6-7-15-28-21-12-10-20(23)11-13-21/h3-5,8-13,19,27H,2,6-7,14-17H2,1H3,(H2,24,25,26). The molecule has 1 atom stereocenters. The summed E-state index contributed by atoms with van der Waals surface area (Å²) in [6.07, 6.45) is 1.81. The zero-order valence-electron chi connectivity index (χ0n) is 16.4. The summed E-state index contributed by atoms with van der Waals surface area (Å²) in [4.78, 5) is 4.60. The van der Waals surface area contributed by atoms with Crippen molar-refractivity contribution in [1.29, 1.82) is 0 Å². The predicted molar refractivity (Wildman–Crippen MR) is 111 cm³/mol. The topological polar surface area (TPSA) is 65.9 Å². The van der Waals surface area contributed by atoms with Gasteiger partial charge in [0.2, 0.25) is 0 Å². The van der Waals surface area contributed by atoms with Crippen LogP contribution in [0.2, 0.25) is 0 Å². The maximum absolute atomic E-state index is 12.9. The highest BCUT2D eigenvalue weighted by Crippen LogP contribution is 2.15. The summed E-state index contributed by atoms with van der Waals surface area (Å²) >= 11 is 0. The summed E-state index contributed by atoms with van der Waals surface area (Å²) in [6.45, 7) is 4.73. The molecular weight excluding hydrogens is 357 g/mol. The number of aliphatic hydroxyl groups is 1. The van der Waals surface area contributed by atoms with Crippen LogP contribution in [0.5, 0.6) is 5.75 Å². The Morgan fingerprint density at radius 1 is 1.07 bits per heavy atom. The van der Waals surface area contributed by atoms with E-state index in [1.807, 2.05) is 37.3 Å². The molecule has 0 aliphatic heterocycles. The first-order valence-electron chi connectivity index (χ1n) is 9.79. The van der Waals surface area contributed by atoms with E-state index in [1.165, 1.54) is 12.1 Å². The maximum Gasteiger partial charge on any atom is 0.191 e. The zero-order valence-corrected chi connectivity index (χ0v) is 16.4. The molecule has 152 valence electrons. The number of benzene rings is 2. The Kier molecular flexibility index (Phi) is 9.86. The molecule has 0 heterocycles. The third kappa shape index (κ3) is 7.96. The van der Waals surface area contributed by atoms with Gasteiger partial charge in [0.15, 0.2) is 5.96 Å². The largest absolute Gasteiger partial charge is 0.494 e. The lowest BCUT2D eigenvalue weighted by atomic mass is 10.0. The molecule has 0 aromatic heterocycles. The van der Waals surface area contributed by atoms with E-state index >= 15 is 0 Å². The summed E-state index contributed by atoms with van der Waals surface area (Å²) in [5.41, 5.74) is 1.09. The van der Waals surface area contributed by atoms with Crippen LogP contribution in [0.25, 0.3) is 0 Å². The lowest BCUT2D eigenvalue weighted by Gasteiger charge is -2.15. The highest BCUT2D eigenvalue weighted by Gasteiger charge is 2.09. The third-order valence-electron chi connectivity index (χ3n) is 4.25. The van der Waals surface area contributed by atoms with E-state index in [0.29, 0.717) is 18.9 Å². The average molecular weight is 387 g/mol. The van der Waals surface area contributed by atoms with E-state index in [0.717, 1.165) is 37.5 Å². The van der Waals surface area contributed by atoms with Gasteiger partial charge in [-0.3, -0.25) is 4.99 Å². The van der Waals surface area contributed by atoms with E-state index in [1.54, 1.807) is 12.1 Å². The van der Waals surface area contributed by atoms with Crippen LogP contribution in [-0.2, 0) is 0 Å². The summed E-state index contributed by atoms with van der Waals surface area (Å²) in [5, 5.41) is 16.2. The van der Waals surface area contributed by atoms with Crippen LogP contribution >= 0.6 is 0 Å². The van der Waals surface area contributed by atoms with Gasteiger partial charge in [0.05, 0.1) is 19.8 Å². The van der Waals surface area contributed by atoms with E-state index in [4.69, 9.17) is 4.74 Å². The van der Waals surface area contributed by atoms with Crippen molar-refractivity contribution in [2.24, 2.45) is 4.99 Å². The lowest BCUT2D eigenvalue weighted by molar-refractivity contribution is 0.268. The van der Waals surface area contributed by atoms with E-state index in [9.17, 15) is 9.50 Å². The van der Waals surface area contributed by atoms with Crippen LogP contribution in [0.15, 0.2) is 59.6 Å². The Morgan fingerprint density at radius 2 is 1.82 bits per heavy atom. The summed E-state index contributed by atoms with van der Waals surface area (Å²) < 4.78 is 18.4. The number of unbranched alkanes of at least 4 members (excludes halogenated alkanes) is 1. The lowest BCUT2D eigenvalue weighted by Crippen LogP contribution is -2.38. The summed E-state index contributed by atoms with van der Waals surface area (Å²) in [5.74, 6) is 1.15. The molecule has 0 amide bonds. The average Bonchev–Trinajstić information content (AvgIpc) is 2.73. The highest BCUT2D eigenvalue weighted by molar-refractivity contribution is 5.79. The molecule has 0 radical (unpaired) electrons. The van der Waals surface area contributed by atoms with Crippen LogP contribution in [0.4, 0.5) is 4.39 Å². The normalized spacial score (nSPS) is 12.5. The SMILES string of the molecule is CCNC(=NCC(CO)c1ccccc1)NCCCCOc1ccc(F)cc1. The molecule has 2 rings (SSSR count). The Labute approximate surface area is 166 Å². The van der Waals surface area contributed by atoms with Crippen molar-refractivity contribution in [2.45, 2.75) is 25.7 Å². The molecule has 0 fully saturated rings. The summed E-state index contributed by atoms with van der Waals surface area (Å²) in [6, 6.07) is 16.0. The van der Waals surface area contributed by atoms with Crippen LogP contribution in [-0.4, -0.2) is 43.9 Å². The van der Waals surface area contributed by atoms with E-state index in [-0.39, 0.29) is 18.3 Å². The number of aliphatic imine (C=N–C) groups is 1. The van der Waals surface area contributed by atoms with Crippen molar-refractivity contribution in [3.63, 3.8) is 0 Å². The molecular formula is C22H30FN3O2. The molecule has 28 heavy (non-hydrogen) atoms. The zero-order chi connectivity index (χ0) is 20.0. The van der Waals surface area contributed by atoms with Gasteiger partial charge in [-0.15, -0.1) is 0 Å². The second-order valence-corrected chi connectivity index (χ2v) is 6.45. The smallest absolute Gasteiger partial charge is 0.191 e. The second-order valence-electron chi connectivity index (χ2n) is 6.45. The molecule has 0 saturated heterocycles. The fraction of sp³-hybridized carbons (Fsp3) is 0.409. The Hall–Kier alpha value is -2.60. The van der Waals surface area contributed by atoms with Gasteiger partial charge in [-0.1, -0.05) is 30.3 Å². The minimum absolute atomic E-state index is 0.0132. The van der Waals surface area contributed by atoms with Crippen LogP contribution in [0.3, 0.4) is 0 Å². The molecule has 6 heteroatoms. The number of nitrogens with zero attached hydrogens (tertiary/aromatic N) is 1. The van der Waals surface area contributed by atoms with Crippen molar-refractivity contribution in [1.82, 2.24) is 10.6 Å². The van der Waals surface area contributed by atoms with Gasteiger partial charge < -0.3 is 20.5 Å². The fourth-order valence-electron chi connectivity index (χ4n) is 2.69. The van der Waals surface area contributed by atoms with Gasteiger partial charge in [0.25, 0.3) is 0 Å². The Morgan fingerprint density at radius 3 is 2.50 bits per heavy atom. The van der Waals surface area contributed by atoms with Gasteiger partial charge in [-0.25, -0.2) is 4.39 Å². The van der Waals surface area contributed by atoms with Gasteiger partial charge in [-0.05, 0) is 49.6 Å². The molecule has 2 aromatic carbocycles. The Bertz CT molecular complexity index is 693. The van der Waals surface area contributed by atoms with Crippen molar-refractivity contribution < 1.29 is 14.2 Å². The number of hydrogen-bond acceptors (Lipinski definition) is 3. The van der Waals surface area contributed by atoms with Gasteiger partial charge in [-0.2, -0.15) is 0 Å². The quantitative estimate of drug-likeness (QED) is 0.314. The number of guanidine groups is 1. The van der Waals surface area contributed by atoms with E-state index in [2.05, 4.69) is 15.6 Å². The van der Waals surface area contributed by atoms with Crippen LogP contribution < -0.4 is 15.4 Å². The molecule has 0 aliphatic rings. The van der Waals surface area contributed by atoms with Gasteiger partial charge >= 0.3 is 0 Å². The number of halogens is 1. The molecule has 0 aliphatic carbocycles. The highest BCUT2D eigenvalue weighted by atomic mass is 19.1. The third-order valence-corrected chi connectivity index (χ3v) is 4.25. The van der Waals surface area contributed by atoms with Gasteiger partial charge in [0, 0.05) is 19.0 Å². The van der Waals surface area contributed by atoms with Crippen LogP contribution in [0.1, 0.15) is 31.2 Å². The second kappa shape index (κ2) is 12.7. The van der Waals surface area contributed by atoms with Gasteiger partial charge in [0.1, 0.15) is 11.6 Å². The predicted octanol–water partition coefficient (Wildman–Crippen LogP) is 3.32. The first-order valence-corrected chi connectivity index (χ1v) is 9.79. The van der Waals surface area contributed by atoms with Crippen molar-refractivity contribution >= 4 is 5.96 Å². The minimum Gasteiger partial charge on any atom is -0.494 e. The summed E-state index contributed by atoms with van der Waals surface area (Å²) in [7, 11) is 0. The molecule has 0 saturated carbocycles.